The van der Waals surface area contributed by atoms with Crippen LogP contribution >= 0.6 is 0 Å². The van der Waals surface area contributed by atoms with Gasteiger partial charge in [-0.2, -0.15) is 0 Å². The van der Waals surface area contributed by atoms with Gasteiger partial charge in [0.25, 0.3) is 0 Å². The Balaban J connectivity index is 2.07. The van der Waals surface area contributed by atoms with Crippen molar-refractivity contribution in [2.45, 2.75) is 71.0 Å². The SMILES string of the molecule is CCCN1CCC(N2C(=O)C(CC)NC(=O)C2CC)CC1. The molecule has 0 aliphatic carbocycles. The van der Waals surface area contributed by atoms with Crippen LogP contribution in [0.25, 0.3) is 0 Å². The fourth-order valence-electron chi connectivity index (χ4n) is 3.62. The average Bonchev–Trinajstić information content (AvgIpc) is 2.50. The van der Waals surface area contributed by atoms with Gasteiger partial charge in [-0.05, 0) is 38.6 Å². The molecule has 2 amide bonds. The van der Waals surface area contributed by atoms with Crippen molar-refractivity contribution < 1.29 is 9.59 Å². The van der Waals surface area contributed by atoms with E-state index in [4.69, 9.17) is 0 Å². The first-order valence-electron chi connectivity index (χ1n) is 8.47. The highest BCUT2D eigenvalue weighted by molar-refractivity contribution is 5.97. The Morgan fingerprint density at radius 1 is 1.10 bits per heavy atom. The molecule has 0 aromatic heterocycles. The summed E-state index contributed by atoms with van der Waals surface area (Å²) >= 11 is 0. The Labute approximate surface area is 128 Å². The molecule has 2 aliphatic rings. The predicted molar refractivity (Wildman–Crippen MR) is 82.9 cm³/mol. The van der Waals surface area contributed by atoms with Crippen molar-refractivity contribution in [2.75, 3.05) is 19.6 Å². The summed E-state index contributed by atoms with van der Waals surface area (Å²) in [6, 6.07) is -0.368. The Bertz CT molecular complexity index is 378. The number of hydrogen-bond donors (Lipinski definition) is 1. The smallest absolute Gasteiger partial charge is 0.246 e. The van der Waals surface area contributed by atoms with Gasteiger partial charge in [0.2, 0.25) is 11.8 Å². The standard InChI is InChI=1S/C16H29N3O2/c1-4-9-18-10-7-12(8-11-18)19-14(6-3)15(20)17-13(5-2)16(19)21/h12-14H,4-11H2,1-3H3,(H,17,20). The van der Waals surface area contributed by atoms with Crippen LogP contribution in [0.2, 0.25) is 0 Å². The summed E-state index contributed by atoms with van der Waals surface area (Å²) in [5, 5.41) is 2.87. The zero-order valence-corrected chi connectivity index (χ0v) is 13.6. The number of nitrogens with one attached hydrogen (secondary N) is 1. The molecule has 2 heterocycles. The van der Waals surface area contributed by atoms with Gasteiger partial charge in [0.05, 0.1) is 0 Å². The molecule has 5 nitrogen and oxygen atoms in total. The third kappa shape index (κ3) is 3.39. The van der Waals surface area contributed by atoms with Crippen molar-refractivity contribution in [3.8, 4) is 0 Å². The lowest BCUT2D eigenvalue weighted by Crippen LogP contribution is -2.66. The first-order valence-corrected chi connectivity index (χ1v) is 8.47. The molecule has 0 bridgehead atoms. The number of rotatable bonds is 5. The molecule has 2 fully saturated rings. The molecule has 2 aliphatic heterocycles. The molecule has 1 N–H and O–H groups in total. The molecule has 0 spiro atoms. The van der Waals surface area contributed by atoms with Gasteiger partial charge >= 0.3 is 0 Å². The zero-order chi connectivity index (χ0) is 15.4. The van der Waals surface area contributed by atoms with Crippen molar-refractivity contribution in [1.29, 1.82) is 0 Å². The molecule has 0 saturated carbocycles. The highest BCUT2D eigenvalue weighted by Gasteiger charge is 2.42. The molecule has 2 atom stereocenters. The lowest BCUT2D eigenvalue weighted by Gasteiger charge is -2.45. The van der Waals surface area contributed by atoms with E-state index < -0.39 is 0 Å². The van der Waals surface area contributed by atoms with Gasteiger partial charge in [-0.25, -0.2) is 0 Å². The number of likely N-dealkylation sites (tertiary alicyclic amines) is 1. The van der Waals surface area contributed by atoms with E-state index in [1.807, 2.05) is 18.7 Å². The van der Waals surface area contributed by atoms with E-state index in [1.54, 1.807) is 0 Å². The summed E-state index contributed by atoms with van der Waals surface area (Å²) in [4.78, 5) is 29.3. The van der Waals surface area contributed by atoms with E-state index >= 15 is 0 Å². The van der Waals surface area contributed by atoms with Gasteiger partial charge < -0.3 is 15.1 Å². The molecular weight excluding hydrogens is 266 g/mol. The topological polar surface area (TPSA) is 52.6 Å². The third-order valence-corrected chi connectivity index (χ3v) is 4.79. The fraction of sp³-hybridized carbons (Fsp3) is 0.875. The van der Waals surface area contributed by atoms with Gasteiger partial charge in [-0.3, -0.25) is 9.59 Å². The minimum atomic E-state index is -0.325. The quantitative estimate of drug-likeness (QED) is 0.833. The Hall–Kier alpha value is -1.10. The van der Waals surface area contributed by atoms with E-state index in [2.05, 4.69) is 17.1 Å². The minimum absolute atomic E-state index is 0.0277. The maximum atomic E-state index is 12.7. The second-order valence-corrected chi connectivity index (χ2v) is 6.21. The van der Waals surface area contributed by atoms with Crippen LogP contribution in [0.15, 0.2) is 0 Å². The normalized spacial score (nSPS) is 28.8. The van der Waals surface area contributed by atoms with Crippen LogP contribution in [0.5, 0.6) is 0 Å². The molecule has 0 aromatic rings. The minimum Gasteiger partial charge on any atom is -0.343 e. The third-order valence-electron chi connectivity index (χ3n) is 4.79. The summed E-state index contributed by atoms with van der Waals surface area (Å²) < 4.78 is 0. The van der Waals surface area contributed by atoms with Gasteiger partial charge in [-0.1, -0.05) is 20.8 Å². The highest BCUT2D eigenvalue weighted by Crippen LogP contribution is 2.24. The number of nitrogens with zero attached hydrogens (tertiary/aromatic N) is 2. The molecule has 2 unspecified atom stereocenters. The van der Waals surface area contributed by atoms with E-state index in [-0.39, 0.29) is 29.9 Å². The van der Waals surface area contributed by atoms with Crippen molar-refractivity contribution >= 4 is 11.8 Å². The predicted octanol–water partition coefficient (Wildman–Crippen LogP) is 1.38. The molecule has 0 radical (unpaired) electrons. The molecule has 2 rings (SSSR count). The zero-order valence-electron chi connectivity index (χ0n) is 13.6. The maximum absolute atomic E-state index is 12.7. The number of amides is 2. The van der Waals surface area contributed by atoms with E-state index in [9.17, 15) is 9.59 Å². The monoisotopic (exact) mass is 295 g/mol. The lowest BCUT2D eigenvalue weighted by atomic mass is 9.95. The molecule has 0 aromatic carbocycles. The van der Waals surface area contributed by atoms with Gasteiger partial charge in [0.1, 0.15) is 12.1 Å². The van der Waals surface area contributed by atoms with Crippen LogP contribution in [0.1, 0.15) is 52.9 Å². The van der Waals surface area contributed by atoms with Gasteiger partial charge in [-0.15, -0.1) is 0 Å². The van der Waals surface area contributed by atoms with Crippen molar-refractivity contribution in [2.24, 2.45) is 0 Å². The van der Waals surface area contributed by atoms with Crippen LogP contribution in [0.3, 0.4) is 0 Å². The molecule has 21 heavy (non-hydrogen) atoms. The maximum Gasteiger partial charge on any atom is 0.246 e. The number of hydrogen-bond acceptors (Lipinski definition) is 3. The van der Waals surface area contributed by atoms with Crippen LogP contribution in [0, 0.1) is 0 Å². The number of piperazine rings is 1. The summed E-state index contributed by atoms with van der Waals surface area (Å²) in [6.45, 7) is 9.36. The Kier molecular flexibility index (Phi) is 5.62. The summed E-state index contributed by atoms with van der Waals surface area (Å²) in [5.74, 6) is 0.151. The lowest BCUT2D eigenvalue weighted by molar-refractivity contribution is -0.153. The van der Waals surface area contributed by atoms with Crippen molar-refractivity contribution in [1.82, 2.24) is 15.1 Å². The highest BCUT2D eigenvalue weighted by atomic mass is 16.2. The molecular formula is C16H29N3O2. The van der Waals surface area contributed by atoms with Crippen molar-refractivity contribution in [3.63, 3.8) is 0 Å². The van der Waals surface area contributed by atoms with Crippen molar-refractivity contribution in [3.05, 3.63) is 0 Å². The Morgan fingerprint density at radius 2 is 1.76 bits per heavy atom. The number of carbonyl (C=O) groups excluding carboxylic acids is 2. The average molecular weight is 295 g/mol. The summed E-state index contributed by atoms with van der Waals surface area (Å²) in [5.41, 5.74) is 0. The van der Waals surface area contributed by atoms with Crippen LogP contribution in [-0.4, -0.2) is 59.4 Å². The van der Waals surface area contributed by atoms with E-state index in [1.165, 1.54) is 6.42 Å². The number of piperidine rings is 1. The van der Waals surface area contributed by atoms with Crippen LogP contribution in [0.4, 0.5) is 0 Å². The summed E-state index contributed by atoms with van der Waals surface area (Å²) in [7, 11) is 0. The molecule has 5 heteroatoms. The van der Waals surface area contributed by atoms with Gasteiger partial charge in [0, 0.05) is 19.1 Å². The molecule has 120 valence electrons. The fourth-order valence-corrected chi connectivity index (χ4v) is 3.62. The van der Waals surface area contributed by atoms with E-state index in [0.29, 0.717) is 12.8 Å². The second-order valence-electron chi connectivity index (χ2n) is 6.21. The second kappa shape index (κ2) is 7.25. The molecule has 2 saturated heterocycles. The van der Waals surface area contributed by atoms with E-state index in [0.717, 1.165) is 32.5 Å². The van der Waals surface area contributed by atoms with Gasteiger partial charge in [0.15, 0.2) is 0 Å². The van der Waals surface area contributed by atoms with Crippen LogP contribution < -0.4 is 5.32 Å². The first kappa shape index (κ1) is 16.3. The van der Waals surface area contributed by atoms with Crippen LogP contribution in [-0.2, 0) is 9.59 Å². The first-order chi connectivity index (χ1) is 10.1. The number of carbonyl (C=O) groups is 2. The Morgan fingerprint density at radius 3 is 2.29 bits per heavy atom. The summed E-state index contributed by atoms with van der Waals surface area (Å²) in [6.07, 6.45) is 4.53. The largest absolute Gasteiger partial charge is 0.343 e.